The van der Waals surface area contributed by atoms with Crippen LogP contribution in [0.2, 0.25) is 0 Å². The molecule has 0 radical (unpaired) electrons. The molecule has 1 unspecified atom stereocenters. The molecule has 0 aliphatic heterocycles. The van der Waals surface area contributed by atoms with Crippen molar-refractivity contribution in [2.45, 2.75) is 130 Å². The van der Waals surface area contributed by atoms with E-state index in [1.165, 1.54) is 62.6 Å². The van der Waals surface area contributed by atoms with E-state index < -0.39 is 6.48 Å². The normalized spacial score (nSPS) is 13.0. The first-order chi connectivity index (χ1) is 14.4. The number of hydrogen-bond donors (Lipinski definition) is 0. The lowest BCUT2D eigenvalue weighted by molar-refractivity contribution is -0.327. The molecule has 0 saturated carbocycles. The van der Waals surface area contributed by atoms with E-state index >= 15 is 0 Å². The number of ether oxygens (including phenoxy) is 3. The van der Waals surface area contributed by atoms with Gasteiger partial charge in [0.05, 0.1) is 18.3 Å². The van der Waals surface area contributed by atoms with Crippen LogP contribution < -0.4 is 0 Å². The van der Waals surface area contributed by atoms with Crippen LogP contribution in [0.25, 0.3) is 0 Å². The fourth-order valence-corrected chi connectivity index (χ4v) is 3.49. The number of halogens is 1. The van der Waals surface area contributed by atoms with Gasteiger partial charge in [-0.2, -0.15) is 0 Å². The fourth-order valence-electron chi connectivity index (χ4n) is 3.49. The molecular formula is C26H45FO3. The summed E-state index contributed by atoms with van der Waals surface area (Å²) < 4.78 is 31.1. The molecule has 0 aliphatic carbocycles. The maximum atomic E-state index is 13.1. The molecule has 30 heavy (non-hydrogen) atoms. The second-order valence-electron chi connectivity index (χ2n) is 8.85. The van der Waals surface area contributed by atoms with Crippen LogP contribution in [0.3, 0.4) is 0 Å². The molecule has 0 amide bonds. The van der Waals surface area contributed by atoms with Gasteiger partial charge in [-0.25, -0.2) is 4.39 Å². The number of hydrogen-bond acceptors (Lipinski definition) is 3. The van der Waals surface area contributed by atoms with E-state index in [4.69, 9.17) is 14.2 Å². The molecule has 0 fully saturated rings. The van der Waals surface area contributed by atoms with E-state index in [-0.39, 0.29) is 24.1 Å². The SMILES string of the molecule is CCCCCCCCCC(CCCc1ccc(F)cc1)OC(OC(C)C)OC(C)C. The number of benzene rings is 1. The summed E-state index contributed by atoms with van der Waals surface area (Å²) in [5.74, 6) is -0.182. The molecule has 0 N–H and O–H groups in total. The van der Waals surface area contributed by atoms with Gasteiger partial charge in [0.2, 0.25) is 0 Å². The predicted molar refractivity (Wildman–Crippen MR) is 123 cm³/mol. The van der Waals surface area contributed by atoms with Gasteiger partial charge in [-0.15, -0.1) is 0 Å². The molecule has 3 nitrogen and oxygen atoms in total. The first-order valence-corrected chi connectivity index (χ1v) is 12.1. The molecule has 0 aliphatic rings. The van der Waals surface area contributed by atoms with Gasteiger partial charge in [-0.1, -0.05) is 64.0 Å². The van der Waals surface area contributed by atoms with Crippen molar-refractivity contribution >= 4 is 0 Å². The highest BCUT2D eigenvalue weighted by molar-refractivity contribution is 5.15. The molecule has 0 spiro atoms. The van der Waals surface area contributed by atoms with Gasteiger partial charge in [0.1, 0.15) is 5.82 Å². The van der Waals surface area contributed by atoms with E-state index in [0.717, 1.165) is 25.7 Å². The highest BCUT2D eigenvalue weighted by Gasteiger charge is 2.20. The van der Waals surface area contributed by atoms with Gasteiger partial charge in [-0.3, -0.25) is 0 Å². The van der Waals surface area contributed by atoms with Crippen molar-refractivity contribution in [2.24, 2.45) is 0 Å². The Morgan fingerprint density at radius 1 is 0.700 bits per heavy atom. The van der Waals surface area contributed by atoms with Crippen LogP contribution in [0, 0.1) is 5.82 Å². The Morgan fingerprint density at radius 3 is 1.80 bits per heavy atom. The summed E-state index contributed by atoms with van der Waals surface area (Å²) in [4.78, 5) is 0. The van der Waals surface area contributed by atoms with Gasteiger partial charge < -0.3 is 14.2 Å². The Bertz CT molecular complexity index is 506. The Labute approximate surface area is 184 Å². The van der Waals surface area contributed by atoms with Crippen molar-refractivity contribution in [3.05, 3.63) is 35.6 Å². The van der Waals surface area contributed by atoms with Crippen LogP contribution in [0.5, 0.6) is 0 Å². The highest BCUT2D eigenvalue weighted by atomic mass is 19.1. The molecule has 174 valence electrons. The first kappa shape index (κ1) is 27.1. The summed E-state index contributed by atoms with van der Waals surface area (Å²) in [6.45, 7) is 9.63. The largest absolute Gasteiger partial charge is 0.327 e. The average molecular weight is 425 g/mol. The number of unbranched alkanes of at least 4 members (excludes halogenated alkanes) is 6. The summed E-state index contributed by atoms with van der Waals surface area (Å²) >= 11 is 0. The van der Waals surface area contributed by atoms with Crippen LogP contribution in [0.1, 0.15) is 104 Å². The topological polar surface area (TPSA) is 27.7 Å². The Hall–Kier alpha value is -0.970. The Balaban J connectivity index is 2.51. The van der Waals surface area contributed by atoms with E-state index in [1.807, 2.05) is 39.8 Å². The van der Waals surface area contributed by atoms with Gasteiger partial charge in [0.15, 0.2) is 0 Å². The van der Waals surface area contributed by atoms with E-state index in [0.29, 0.717) is 0 Å². The minimum atomic E-state index is -0.620. The zero-order valence-corrected chi connectivity index (χ0v) is 20.0. The zero-order chi connectivity index (χ0) is 22.2. The van der Waals surface area contributed by atoms with Crippen molar-refractivity contribution in [2.75, 3.05) is 0 Å². The second kappa shape index (κ2) is 16.7. The molecule has 0 heterocycles. The summed E-state index contributed by atoms with van der Waals surface area (Å²) in [6.07, 6.45) is 13.2. The summed E-state index contributed by atoms with van der Waals surface area (Å²) in [5, 5.41) is 0. The zero-order valence-electron chi connectivity index (χ0n) is 20.0. The molecule has 1 aromatic rings. The van der Waals surface area contributed by atoms with Crippen molar-refractivity contribution < 1.29 is 18.6 Å². The predicted octanol–water partition coefficient (Wildman–Crippen LogP) is 7.81. The Morgan fingerprint density at radius 2 is 1.23 bits per heavy atom. The molecule has 0 aromatic heterocycles. The van der Waals surface area contributed by atoms with Gasteiger partial charge in [0.25, 0.3) is 6.48 Å². The smallest absolute Gasteiger partial charge is 0.272 e. The molecule has 0 bridgehead atoms. The second-order valence-corrected chi connectivity index (χ2v) is 8.85. The van der Waals surface area contributed by atoms with Crippen LogP contribution in [0.4, 0.5) is 4.39 Å². The highest BCUT2D eigenvalue weighted by Crippen LogP contribution is 2.20. The minimum absolute atomic E-state index is 0.0483. The molecule has 4 heteroatoms. The van der Waals surface area contributed by atoms with E-state index in [1.54, 1.807) is 0 Å². The number of aryl methyl sites for hydroxylation is 1. The first-order valence-electron chi connectivity index (χ1n) is 12.1. The Kier molecular flexibility index (Phi) is 15.1. The minimum Gasteiger partial charge on any atom is -0.327 e. The van der Waals surface area contributed by atoms with Crippen LogP contribution >= 0.6 is 0 Å². The standard InChI is InChI=1S/C26H45FO3/c1-6-7-8-9-10-11-12-15-25(30-26(28-21(2)3)29-22(4)5)16-13-14-23-17-19-24(27)20-18-23/h17-22,25-26H,6-16H2,1-5H3. The summed E-state index contributed by atoms with van der Waals surface area (Å²) in [6, 6.07) is 6.80. The van der Waals surface area contributed by atoms with E-state index in [2.05, 4.69) is 6.92 Å². The van der Waals surface area contributed by atoms with Crippen LogP contribution in [-0.2, 0) is 20.6 Å². The third-order valence-corrected chi connectivity index (χ3v) is 5.10. The molecule has 0 saturated heterocycles. The van der Waals surface area contributed by atoms with Crippen LogP contribution in [0.15, 0.2) is 24.3 Å². The average Bonchev–Trinajstić information content (AvgIpc) is 2.67. The quantitative estimate of drug-likeness (QED) is 0.178. The summed E-state index contributed by atoms with van der Waals surface area (Å²) in [5.41, 5.74) is 1.17. The molecular weight excluding hydrogens is 379 g/mol. The maximum absolute atomic E-state index is 13.1. The van der Waals surface area contributed by atoms with Crippen LogP contribution in [-0.4, -0.2) is 24.8 Å². The lowest BCUT2D eigenvalue weighted by Crippen LogP contribution is -2.31. The molecule has 1 rings (SSSR count). The van der Waals surface area contributed by atoms with Crippen molar-refractivity contribution in [3.8, 4) is 0 Å². The fraction of sp³-hybridized carbons (Fsp3) is 0.769. The summed E-state index contributed by atoms with van der Waals surface area (Å²) in [7, 11) is 0. The van der Waals surface area contributed by atoms with Crippen molar-refractivity contribution in [1.29, 1.82) is 0 Å². The molecule has 1 atom stereocenters. The van der Waals surface area contributed by atoms with Gasteiger partial charge in [0, 0.05) is 0 Å². The lowest BCUT2D eigenvalue weighted by Gasteiger charge is -2.28. The van der Waals surface area contributed by atoms with E-state index in [9.17, 15) is 4.39 Å². The van der Waals surface area contributed by atoms with Crippen molar-refractivity contribution in [3.63, 3.8) is 0 Å². The lowest BCUT2D eigenvalue weighted by atomic mass is 10.0. The third kappa shape index (κ3) is 14.1. The van der Waals surface area contributed by atoms with Crippen molar-refractivity contribution in [1.82, 2.24) is 0 Å². The number of rotatable bonds is 18. The monoisotopic (exact) mass is 424 g/mol. The van der Waals surface area contributed by atoms with Gasteiger partial charge >= 0.3 is 0 Å². The molecule has 1 aromatic carbocycles. The van der Waals surface area contributed by atoms with Gasteiger partial charge in [-0.05, 0) is 71.1 Å². The third-order valence-electron chi connectivity index (χ3n) is 5.10. The maximum Gasteiger partial charge on any atom is 0.272 e.